The average molecular weight is 300 g/mol. The summed E-state index contributed by atoms with van der Waals surface area (Å²) in [6, 6.07) is 0. The Bertz CT molecular complexity index is 245. The van der Waals surface area contributed by atoms with Gasteiger partial charge in [-0.05, 0) is 25.5 Å². The summed E-state index contributed by atoms with van der Waals surface area (Å²) in [6.07, 6.45) is -1.73. The van der Waals surface area contributed by atoms with Crippen LogP contribution in [0.2, 0.25) is 0 Å². The highest BCUT2D eigenvalue weighted by Crippen LogP contribution is 2.23. The number of thioether (sulfide) groups is 1. The molecule has 0 aromatic heterocycles. The number of unbranched alkanes of at least 4 members (excludes halogenated alkanes) is 3. The summed E-state index contributed by atoms with van der Waals surface area (Å²) < 4.78 is 40.6. The highest BCUT2D eigenvalue weighted by Gasteiger charge is 2.25. The van der Waals surface area contributed by atoms with Crippen molar-refractivity contribution in [3.05, 3.63) is 0 Å². The SMILES string of the molecule is CCC(=O)OCC(C)SCCCCCCC(F)(F)F. The summed E-state index contributed by atoms with van der Waals surface area (Å²) in [7, 11) is 0. The lowest BCUT2D eigenvalue weighted by atomic mass is 10.1. The first-order chi connectivity index (χ1) is 8.85. The minimum atomic E-state index is -4.02. The molecule has 6 heteroatoms. The number of rotatable bonds is 10. The Labute approximate surface area is 117 Å². The van der Waals surface area contributed by atoms with Gasteiger partial charge in [-0.1, -0.05) is 19.8 Å². The van der Waals surface area contributed by atoms with Crippen molar-refractivity contribution in [2.24, 2.45) is 0 Å². The number of carbonyl (C=O) groups excluding carboxylic acids is 1. The first kappa shape index (κ1) is 18.6. The van der Waals surface area contributed by atoms with E-state index in [9.17, 15) is 18.0 Å². The van der Waals surface area contributed by atoms with Gasteiger partial charge in [0.15, 0.2) is 0 Å². The quantitative estimate of drug-likeness (QED) is 0.436. The van der Waals surface area contributed by atoms with Crippen LogP contribution in [0.25, 0.3) is 0 Å². The first-order valence-corrected chi connectivity index (χ1v) is 7.74. The highest BCUT2D eigenvalue weighted by molar-refractivity contribution is 7.99. The third kappa shape index (κ3) is 13.8. The summed E-state index contributed by atoms with van der Waals surface area (Å²) in [5.41, 5.74) is 0. The normalized spacial score (nSPS) is 13.3. The third-order valence-electron chi connectivity index (χ3n) is 2.52. The zero-order valence-corrected chi connectivity index (χ0v) is 12.4. The van der Waals surface area contributed by atoms with Gasteiger partial charge in [0, 0.05) is 18.1 Å². The van der Waals surface area contributed by atoms with Crippen LogP contribution in [0.5, 0.6) is 0 Å². The number of alkyl halides is 3. The van der Waals surface area contributed by atoms with Crippen LogP contribution in [0.4, 0.5) is 13.2 Å². The fourth-order valence-electron chi connectivity index (χ4n) is 1.43. The van der Waals surface area contributed by atoms with Gasteiger partial charge in [0.05, 0.1) is 0 Å². The number of hydrogen-bond acceptors (Lipinski definition) is 3. The van der Waals surface area contributed by atoms with Crippen LogP contribution in [0.3, 0.4) is 0 Å². The highest BCUT2D eigenvalue weighted by atomic mass is 32.2. The number of halogens is 3. The second-order valence-corrected chi connectivity index (χ2v) is 6.04. The largest absolute Gasteiger partial charge is 0.465 e. The summed E-state index contributed by atoms with van der Waals surface area (Å²) in [6.45, 7) is 4.14. The summed E-state index contributed by atoms with van der Waals surface area (Å²) in [5, 5.41) is 0.241. The van der Waals surface area contributed by atoms with Crippen LogP contribution >= 0.6 is 11.8 Å². The Balaban J connectivity index is 3.32. The van der Waals surface area contributed by atoms with E-state index in [0.717, 1.165) is 18.6 Å². The molecular formula is C13H23F3O2S. The number of hydrogen-bond donors (Lipinski definition) is 0. The fourth-order valence-corrected chi connectivity index (χ4v) is 2.36. The summed E-state index contributed by atoms with van der Waals surface area (Å²) >= 11 is 1.69. The molecule has 0 saturated carbocycles. The van der Waals surface area contributed by atoms with E-state index in [1.54, 1.807) is 18.7 Å². The minimum Gasteiger partial charge on any atom is -0.465 e. The molecule has 0 spiro atoms. The molecule has 0 aliphatic heterocycles. The molecule has 0 aliphatic rings. The van der Waals surface area contributed by atoms with Crippen molar-refractivity contribution in [3.8, 4) is 0 Å². The van der Waals surface area contributed by atoms with E-state index in [2.05, 4.69) is 0 Å². The van der Waals surface area contributed by atoms with Crippen LogP contribution in [-0.2, 0) is 9.53 Å². The molecule has 0 aromatic rings. The molecule has 0 bridgehead atoms. The van der Waals surface area contributed by atoms with Crippen LogP contribution < -0.4 is 0 Å². The average Bonchev–Trinajstić information content (AvgIpc) is 2.33. The maximum atomic E-state index is 11.9. The topological polar surface area (TPSA) is 26.3 Å². The number of ether oxygens (including phenoxy) is 1. The third-order valence-corrected chi connectivity index (χ3v) is 3.75. The Morgan fingerprint density at radius 1 is 1.21 bits per heavy atom. The molecule has 0 radical (unpaired) electrons. The van der Waals surface area contributed by atoms with Crippen LogP contribution in [0, 0.1) is 0 Å². The molecular weight excluding hydrogens is 277 g/mol. The van der Waals surface area contributed by atoms with Gasteiger partial charge < -0.3 is 4.74 Å². The summed E-state index contributed by atoms with van der Waals surface area (Å²) in [5.74, 6) is 0.705. The number of carbonyl (C=O) groups is 1. The molecule has 0 aliphatic carbocycles. The van der Waals surface area contributed by atoms with Crippen molar-refractivity contribution in [3.63, 3.8) is 0 Å². The Morgan fingerprint density at radius 3 is 2.42 bits per heavy atom. The van der Waals surface area contributed by atoms with Gasteiger partial charge in [0.2, 0.25) is 0 Å². The first-order valence-electron chi connectivity index (χ1n) is 6.69. The van der Waals surface area contributed by atoms with Crippen molar-refractivity contribution in [1.29, 1.82) is 0 Å². The Morgan fingerprint density at radius 2 is 1.84 bits per heavy atom. The van der Waals surface area contributed by atoms with Crippen LogP contribution in [-0.4, -0.2) is 29.8 Å². The molecule has 0 fully saturated rings. The molecule has 0 aromatic carbocycles. The van der Waals surface area contributed by atoms with Gasteiger partial charge in [-0.3, -0.25) is 4.79 Å². The molecule has 1 atom stereocenters. The van der Waals surface area contributed by atoms with Crippen molar-refractivity contribution >= 4 is 17.7 Å². The van der Waals surface area contributed by atoms with Crippen LogP contribution in [0.15, 0.2) is 0 Å². The van der Waals surface area contributed by atoms with Gasteiger partial charge in [-0.2, -0.15) is 24.9 Å². The molecule has 0 N–H and O–H groups in total. The van der Waals surface area contributed by atoms with Crippen molar-refractivity contribution in [1.82, 2.24) is 0 Å². The standard InChI is InChI=1S/C13H23F3O2S/c1-3-12(17)18-10-11(2)19-9-7-5-4-6-8-13(14,15)16/h11H,3-10H2,1-2H3. The Hall–Kier alpha value is -0.390. The fraction of sp³-hybridized carbons (Fsp3) is 0.923. The lowest BCUT2D eigenvalue weighted by Crippen LogP contribution is -2.13. The lowest BCUT2D eigenvalue weighted by molar-refractivity contribution is -0.143. The molecule has 0 amide bonds. The molecule has 114 valence electrons. The molecule has 19 heavy (non-hydrogen) atoms. The van der Waals surface area contributed by atoms with Crippen molar-refractivity contribution in [2.75, 3.05) is 12.4 Å². The van der Waals surface area contributed by atoms with E-state index >= 15 is 0 Å². The van der Waals surface area contributed by atoms with E-state index in [-0.39, 0.29) is 17.6 Å². The van der Waals surface area contributed by atoms with Gasteiger partial charge in [0.25, 0.3) is 0 Å². The second kappa shape index (κ2) is 10.4. The summed E-state index contributed by atoms with van der Waals surface area (Å²) in [4.78, 5) is 10.9. The molecule has 0 rings (SSSR count). The second-order valence-electron chi connectivity index (χ2n) is 4.50. The Kier molecular flexibility index (Phi) is 10.2. The van der Waals surface area contributed by atoms with E-state index in [1.807, 2.05) is 6.92 Å². The van der Waals surface area contributed by atoms with Crippen molar-refractivity contribution in [2.45, 2.75) is 63.8 Å². The van der Waals surface area contributed by atoms with E-state index < -0.39 is 12.6 Å². The van der Waals surface area contributed by atoms with E-state index in [4.69, 9.17) is 4.74 Å². The lowest BCUT2D eigenvalue weighted by Gasteiger charge is -2.11. The van der Waals surface area contributed by atoms with E-state index in [0.29, 0.717) is 19.4 Å². The van der Waals surface area contributed by atoms with Gasteiger partial charge >= 0.3 is 12.1 Å². The number of esters is 1. The molecule has 1 unspecified atom stereocenters. The monoisotopic (exact) mass is 300 g/mol. The van der Waals surface area contributed by atoms with E-state index in [1.165, 1.54) is 0 Å². The van der Waals surface area contributed by atoms with Gasteiger partial charge in [-0.25, -0.2) is 0 Å². The van der Waals surface area contributed by atoms with Crippen molar-refractivity contribution < 1.29 is 22.7 Å². The molecule has 2 nitrogen and oxygen atoms in total. The predicted octanol–water partition coefficient (Wildman–Crippen LogP) is 4.57. The zero-order valence-electron chi connectivity index (χ0n) is 11.6. The zero-order chi connectivity index (χ0) is 14.7. The molecule has 0 saturated heterocycles. The van der Waals surface area contributed by atoms with Gasteiger partial charge in [0.1, 0.15) is 6.61 Å². The smallest absolute Gasteiger partial charge is 0.389 e. The van der Waals surface area contributed by atoms with Crippen LogP contribution in [0.1, 0.15) is 52.4 Å². The molecule has 0 heterocycles. The predicted molar refractivity (Wildman–Crippen MR) is 72.3 cm³/mol. The maximum absolute atomic E-state index is 11.9. The minimum absolute atomic E-state index is 0.195. The van der Waals surface area contributed by atoms with Gasteiger partial charge in [-0.15, -0.1) is 0 Å². The maximum Gasteiger partial charge on any atom is 0.389 e.